The molecule has 1 aromatic carbocycles. The summed E-state index contributed by atoms with van der Waals surface area (Å²) in [5, 5.41) is 3.36. The molecule has 0 saturated carbocycles. The second-order valence-corrected chi connectivity index (χ2v) is 4.70. The van der Waals surface area contributed by atoms with E-state index in [2.05, 4.69) is 37.4 Å². The second-order valence-electron chi connectivity index (χ2n) is 4.70. The maximum Gasteiger partial charge on any atom is 0.120 e. The summed E-state index contributed by atoms with van der Waals surface area (Å²) in [4.78, 5) is 0. The van der Waals surface area contributed by atoms with Crippen LogP contribution in [0.1, 0.15) is 37.8 Å². The number of aryl methyl sites for hydroxylation is 2. The fourth-order valence-electron chi connectivity index (χ4n) is 2.46. The van der Waals surface area contributed by atoms with E-state index in [9.17, 15) is 0 Å². The largest absolute Gasteiger partial charge is 0.490 e. The molecule has 1 aliphatic heterocycles. The molecule has 0 unspecified atom stereocenters. The molecule has 0 atom stereocenters. The molecular formula is C15H23NO. The van der Waals surface area contributed by atoms with Crippen molar-refractivity contribution in [3.8, 4) is 5.75 Å². The van der Waals surface area contributed by atoms with E-state index < -0.39 is 0 Å². The molecular weight excluding hydrogens is 210 g/mol. The first-order valence-corrected chi connectivity index (χ1v) is 6.82. The van der Waals surface area contributed by atoms with Gasteiger partial charge in [-0.05, 0) is 62.0 Å². The number of ether oxygens (including phenoxy) is 1. The number of nitrogens with one attached hydrogen (secondary N) is 1. The summed E-state index contributed by atoms with van der Waals surface area (Å²) in [7, 11) is 0. The van der Waals surface area contributed by atoms with Crippen LogP contribution in [0.5, 0.6) is 5.75 Å². The van der Waals surface area contributed by atoms with Crippen LogP contribution in [-0.4, -0.2) is 19.2 Å². The molecule has 0 aromatic heterocycles. The molecule has 2 nitrogen and oxygen atoms in total. The average molecular weight is 233 g/mol. The van der Waals surface area contributed by atoms with Gasteiger partial charge in [-0.15, -0.1) is 0 Å². The molecule has 2 heteroatoms. The van der Waals surface area contributed by atoms with Gasteiger partial charge < -0.3 is 10.1 Å². The van der Waals surface area contributed by atoms with Crippen molar-refractivity contribution in [2.75, 3.05) is 13.1 Å². The Bertz CT molecular complexity index is 356. The minimum atomic E-state index is 0.397. The lowest BCUT2D eigenvalue weighted by Gasteiger charge is -2.24. The van der Waals surface area contributed by atoms with Crippen LogP contribution in [0.25, 0.3) is 0 Å². The molecule has 0 aliphatic carbocycles. The average Bonchev–Trinajstić information content (AvgIpc) is 2.40. The maximum atomic E-state index is 6.06. The Labute approximate surface area is 104 Å². The van der Waals surface area contributed by atoms with Gasteiger partial charge in [0.2, 0.25) is 0 Å². The van der Waals surface area contributed by atoms with E-state index in [1.54, 1.807) is 0 Å². The highest BCUT2D eigenvalue weighted by Crippen LogP contribution is 2.22. The lowest BCUT2D eigenvalue weighted by molar-refractivity contribution is 0.162. The van der Waals surface area contributed by atoms with Gasteiger partial charge in [0.25, 0.3) is 0 Å². The van der Waals surface area contributed by atoms with Gasteiger partial charge in [0.15, 0.2) is 0 Å². The van der Waals surface area contributed by atoms with E-state index >= 15 is 0 Å². The van der Waals surface area contributed by atoms with Crippen molar-refractivity contribution >= 4 is 0 Å². The molecule has 17 heavy (non-hydrogen) atoms. The number of piperidine rings is 1. The van der Waals surface area contributed by atoms with Crippen molar-refractivity contribution in [3.63, 3.8) is 0 Å². The first kappa shape index (κ1) is 12.4. The SMILES string of the molecule is CCc1ccc(OC2CCNCC2)cc1CC. The van der Waals surface area contributed by atoms with Crippen LogP contribution in [0, 0.1) is 0 Å². The van der Waals surface area contributed by atoms with Gasteiger partial charge in [0, 0.05) is 0 Å². The van der Waals surface area contributed by atoms with Crippen molar-refractivity contribution < 1.29 is 4.74 Å². The van der Waals surface area contributed by atoms with E-state index in [4.69, 9.17) is 4.74 Å². The highest BCUT2D eigenvalue weighted by atomic mass is 16.5. The fraction of sp³-hybridized carbons (Fsp3) is 0.600. The molecule has 1 saturated heterocycles. The Balaban J connectivity index is 2.05. The minimum Gasteiger partial charge on any atom is -0.490 e. The van der Waals surface area contributed by atoms with Crippen molar-refractivity contribution in [2.45, 2.75) is 45.6 Å². The smallest absolute Gasteiger partial charge is 0.120 e. The summed E-state index contributed by atoms with van der Waals surface area (Å²) in [6.07, 6.45) is 4.84. The quantitative estimate of drug-likeness (QED) is 0.863. The van der Waals surface area contributed by atoms with Gasteiger partial charge in [-0.2, -0.15) is 0 Å². The maximum absolute atomic E-state index is 6.06. The molecule has 0 bridgehead atoms. The lowest BCUT2D eigenvalue weighted by atomic mass is 10.0. The summed E-state index contributed by atoms with van der Waals surface area (Å²) < 4.78 is 6.06. The van der Waals surface area contributed by atoms with E-state index in [1.807, 2.05) is 0 Å². The van der Waals surface area contributed by atoms with E-state index in [-0.39, 0.29) is 0 Å². The van der Waals surface area contributed by atoms with Gasteiger partial charge in [-0.25, -0.2) is 0 Å². The van der Waals surface area contributed by atoms with E-state index in [0.717, 1.165) is 44.5 Å². The summed E-state index contributed by atoms with van der Waals surface area (Å²) in [5.41, 5.74) is 2.88. The molecule has 0 amide bonds. The second kappa shape index (κ2) is 6.06. The van der Waals surface area contributed by atoms with Crippen LogP contribution in [0.2, 0.25) is 0 Å². The van der Waals surface area contributed by atoms with Crippen LogP contribution in [0.4, 0.5) is 0 Å². The van der Waals surface area contributed by atoms with Crippen LogP contribution in [0.3, 0.4) is 0 Å². The molecule has 1 aliphatic rings. The predicted octanol–water partition coefficient (Wildman–Crippen LogP) is 2.94. The number of benzene rings is 1. The monoisotopic (exact) mass is 233 g/mol. The first-order chi connectivity index (χ1) is 8.33. The predicted molar refractivity (Wildman–Crippen MR) is 71.7 cm³/mol. The summed E-state index contributed by atoms with van der Waals surface area (Å²) >= 11 is 0. The van der Waals surface area contributed by atoms with Crippen molar-refractivity contribution in [1.82, 2.24) is 5.32 Å². The molecule has 94 valence electrons. The standard InChI is InChI=1S/C15H23NO/c1-3-12-5-6-15(11-13(12)4-2)17-14-7-9-16-10-8-14/h5-6,11,14,16H,3-4,7-10H2,1-2H3. The number of hydrogen-bond donors (Lipinski definition) is 1. The minimum absolute atomic E-state index is 0.397. The Morgan fingerprint density at radius 3 is 2.47 bits per heavy atom. The van der Waals surface area contributed by atoms with Crippen LogP contribution < -0.4 is 10.1 Å². The third-order valence-electron chi connectivity index (χ3n) is 3.53. The molecule has 1 aromatic rings. The van der Waals surface area contributed by atoms with Crippen molar-refractivity contribution in [1.29, 1.82) is 0 Å². The zero-order valence-corrected chi connectivity index (χ0v) is 11.0. The van der Waals surface area contributed by atoms with E-state index in [1.165, 1.54) is 11.1 Å². The lowest BCUT2D eigenvalue weighted by Crippen LogP contribution is -2.34. The zero-order valence-electron chi connectivity index (χ0n) is 11.0. The molecule has 1 fully saturated rings. The highest BCUT2D eigenvalue weighted by Gasteiger charge is 2.14. The Morgan fingerprint density at radius 2 is 1.82 bits per heavy atom. The molecule has 0 spiro atoms. The van der Waals surface area contributed by atoms with Crippen molar-refractivity contribution in [2.24, 2.45) is 0 Å². The molecule has 1 N–H and O–H groups in total. The van der Waals surface area contributed by atoms with Gasteiger partial charge in [0.05, 0.1) is 0 Å². The number of hydrogen-bond acceptors (Lipinski definition) is 2. The molecule has 2 rings (SSSR count). The zero-order chi connectivity index (χ0) is 12.1. The topological polar surface area (TPSA) is 21.3 Å². The van der Waals surface area contributed by atoms with Crippen LogP contribution in [-0.2, 0) is 12.8 Å². The van der Waals surface area contributed by atoms with Gasteiger partial charge in [0.1, 0.15) is 11.9 Å². The highest BCUT2D eigenvalue weighted by molar-refractivity contribution is 5.35. The molecule has 1 heterocycles. The first-order valence-electron chi connectivity index (χ1n) is 6.82. The Kier molecular flexibility index (Phi) is 4.43. The molecule has 0 radical (unpaired) electrons. The third kappa shape index (κ3) is 3.22. The summed E-state index contributed by atoms with van der Waals surface area (Å²) in [6, 6.07) is 6.57. The van der Waals surface area contributed by atoms with Crippen LogP contribution in [0.15, 0.2) is 18.2 Å². The summed E-state index contributed by atoms with van der Waals surface area (Å²) in [6.45, 7) is 6.58. The van der Waals surface area contributed by atoms with Crippen molar-refractivity contribution in [3.05, 3.63) is 29.3 Å². The normalized spacial score (nSPS) is 17.1. The number of rotatable bonds is 4. The van der Waals surface area contributed by atoms with Gasteiger partial charge in [-0.3, -0.25) is 0 Å². The summed E-state index contributed by atoms with van der Waals surface area (Å²) in [5.74, 6) is 1.05. The van der Waals surface area contributed by atoms with Gasteiger partial charge in [-0.1, -0.05) is 19.9 Å². The Hall–Kier alpha value is -1.02. The fourth-order valence-corrected chi connectivity index (χ4v) is 2.46. The Morgan fingerprint density at radius 1 is 1.12 bits per heavy atom. The van der Waals surface area contributed by atoms with E-state index in [0.29, 0.717) is 6.10 Å². The van der Waals surface area contributed by atoms with Gasteiger partial charge >= 0.3 is 0 Å². The van der Waals surface area contributed by atoms with Crippen LogP contribution >= 0.6 is 0 Å². The third-order valence-corrected chi connectivity index (χ3v) is 3.53.